The third kappa shape index (κ3) is 3.28. The summed E-state index contributed by atoms with van der Waals surface area (Å²) >= 11 is 11.8. The monoisotopic (exact) mass is 300 g/mol. The van der Waals surface area contributed by atoms with Crippen LogP contribution in [0.15, 0.2) is 30.6 Å². The Morgan fingerprint density at radius 2 is 2.05 bits per heavy atom. The Hall–Kier alpha value is -1.07. The maximum absolute atomic E-state index is 10.3. The minimum absolute atomic E-state index is 0.0977. The van der Waals surface area contributed by atoms with Crippen molar-refractivity contribution >= 4 is 23.2 Å². The van der Waals surface area contributed by atoms with E-state index in [9.17, 15) is 5.11 Å². The van der Waals surface area contributed by atoms with Crippen molar-refractivity contribution < 1.29 is 10.2 Å². The number of rotatable bonds is 5. The molecule has 2 N–H and O–H groups in total. The van der Waals surface area contributed by atoms with Crippen LogP contribution in [0.5, 0.6) is 0 Å². The number of hydrogen-bond acceptors (Lipinski definition) is 3. The number of aromatic nitrogens is 2. The highest BCUT2D eigenvalue weighted by atomic mass is 35.5. The van der Waals surface area contributed by atoms with Crippen molar-refractivity contribution in [2.45, 2.75) is 19.1 Å². The van der Waals surface area contributed by atoms with Crippen LogP contribution in [0.2, 0.25) is 10.0 Å². The Kier molecular flexibility index (Phi) is 4.82. The smallest absolute Gasteiger partial charge is 0.142 e. The number of hydrogen-bond donors (Lipinski definition) is 2. The molecule has 6 heteroatoms. The Labute approximate surface area is 121 Å². The second-order valence-corrected chi connectivity index (χ2v) is 4.95. The third-order valence-corrected chi connectivity index (χ3v) is 3.55. The van der Waals surface area contributed by atoms with E-state index in [0.717, 1.165) is 0 Å². The van der Waals surface area contributed by atoms with Crippen LogP contribution in [-0.4, -0.2) is 26.4 Å². The van der Waals surface area contributed by atoms with Crippen LogP contribution in [0, 0.1) is 0 Å². The predicted octanol–water partition coefficient (Wildman–Crippen LogP) is 2.65. The molecule has 1 aromatic carbocycles. The maximum atomic E-state index is 10.3. The minimum atomic E-state index is -0.872. The second-order valence-electron chi connectivity index (χ2n) is 4.13. The summed E-state index contributed by atoms with van der Waals surface area (Å²) in [7, 11) is 0. The molecule has 0 fully saturated rings. The summed E-state index contributed by atoms with van der Waals surface area (Å²) in [5.41, 5.74) is 0.630. The average molecular weight is 301 g/mol. The van der Waals surface area contributed by atoms with Gasteiger partial charge in [0.25, 0.3) is 0 Å². The van der Waals surface area contributed by atoms with Crippen LogP contribution >= 0.6 is 23.2 Å². The van der Waals surface area contributed by atoms with Gasteiger partial charge in [-0.05, 0) is 24.1 Å². The highest BCUT2D eigenvalue weighted by Crippen LogP contribution is 2.28. The summed E-state index contributed by atoms with van der Waals surface area (Å²) < 4.78 is 1.81. The maximum Gasteiger partial charge on any atom is 0.142 e. The summed E-state index contributed by atoms with van der Waals surface area (Å²) in [6.45, 7) is 0.699. The van der Waals surface area contributed by atoms with Gasteiger partial charge in [-0.1, -0.05) is 29.3 Å². The van der Waals surface area contributed by atoms with E-state index in [-0.39, 0.29) is 6.61 Å². The van der Waals surface area contributed by atoms with Crippen LogP contribution in [0.3, 0.4) is 0 Å². The standard InChI is InChI=1S/C13H14Cl2N2O2/c14-10-3-2-9(8-11(10)15)12(19)13-16-4-6-17(13)5-1-7-18/h2-4,6,8,12,18-19H,1,5,7H2. The zero-order valence-corrected chi connectivity index (χ0v) is 11.6. The predicted molar refractivity (Wildman–Crippen MR) is 74.5 cm³/mol. The summed E-state index contributed by atoms with van der Waals surface area (Å²) in [6.07, 6.45) is 3.12. The van der Waals surface area contributed by atoms with Gasteiger partial charge >= 0.3 is 0 Å². The average Bonchev–Trinajstić information content (AvgIpc) is 2.87. The summed E-state index contributed by atoms with van der Waals surface area (Å²) in [5, 5.41) is 20.0. The first-order valence-electron chi connectivity index (χ1n) is 5.88. The molecule has 0 aliphatic carbocycles. The van der Waals surface area contributed by atoms with Gasteiger partial charge in [0.15, 0.2) is 0 Å². The van der Waals surface area contributed by atoms with Gasteiger partial charge in [0.2, 0.25) is 0 Å². The van der Waals surface area contributed by atoms with Crippen molar-refractivity contribution in [3.05, 3.63) is 52.0 Å². The minimum Gasteiger partial charge on any atom is -0.396 e. The van der Waals surface area contributed by atoms with Crippen LogP contribution in [0.25, 0.3) is 0 Å². The molecule has 4 nitrogen and oxygen atoms in total. The molecule has 0 spiro atoms. The van der Waals surface area contributed by atoms with Crippen LogP contribution in [-0.2, 0) is 6.54 Å². The molecule has 0 saturated heterocycles. The van der Waals surface area contributed by atoms with Gasteiger partial charge in [-0.15, -0.1) is 0 Å². The number of nitrogens with zero attached hydrogens (tertiary/aromatic N) is 2. The van der Waals surface area contributed by atoms with Gasteiger partial charge in [0, 0.05) is 25.5 Å². The number of halogens is 2. The number of benzene rings is 1. The fourth-order valence-electron chi connectivity index (χ4n) is 1.83. The van der Waals surface area contributed by atoms with Gasteiger partial charge in [0.05, 0.1) is 10.0 Å². The molecule has 0 saturated carbocycles. The lowest BCUT2D eigenvalue weighted by molar-refractivity contribution is 0.202. The van der Waals surface area contributed by atoms with Crippen molar-refractivity contribution in [1.82, 2.24) is 9.55 Å². The normalized spacial score (nSPS) is 12.6. The zero-order valence-electron chi connectivity index (χ0n) is 10.1. The van der Waals surface area contributed by atoms with Crippen molar-refractivity contribution in [3.8, 4) is 0 Å². The Bertz CT molecular complexity index is 557. The lowest BCUT2D eigenvalue weighted by Crippen LogP contribution is -2.10. The third-order valence-electron chi connectivity index (χ3n) is 2.81. The van der Waals surface area contributed by atoms with Gasteiger partial charge in [-0.25, -0.2) is 4.98 Å². The number of aryl methyl sites for hydroxylation is 1. The van der Waals surface area contributed by atoms with E-state index in [0.29, 0.717) is 34.4 Å². The van der Waals surface area contributed by atoms with Crippen LogP contribution < -0.4 is 0 Å². The first-order chi connectivity index (χ1) is 9.13. The summed E-state index contributed by atoms with van der Waals surface area (Å²) in [6, 6.07) is 4.98. The number of imidazole rings is 1. The van der Waals surface area contributed by atoms with Crippen molar-refractivity contribution in [2.75, 3.05) is 6.61 Å². The largest absolute Gasteiger partial charge is 0.396 e. The molecule has 0 aliphatic rings. The van der Waals surface area contributed by atoms with Gasteiger partial charge in [-0.2, -0.15) is 0 Å². The number of aliphatic hydroxyl groups is 2. The molecule has 0 amide bonds. The lowest BCUT2D eigenvalue weighted by atomic mass is 10.1. The fourth-order valence-corrected chi connectivity index (χ4v) is 2.14. The molecule has 1 unspecified atom stereocenters. The zero-order chi connectivity index (χ0) is 13.8. The van der Waals surface area contributed by atoms with E-state index in [1.54, 1.807) is 30.6 Å². The van der Waals surface area contributed by atoms with E-state index >= 15 is 0 Å². The highest BCUT2D eigenvalue weighted by Gasteiger charge is 2.17. The fraction of sp³-hybridized carbons (Fsp3) is 0.308. The first-order valence-corrected chi connectivity index (χ1v) is 6.64. The molecule has 2 aromatic rings. The van der Waals surface area contributed by atoms with Crippen LogP contribution in [0.1, 0.15) is 23.9 Å². The summed E-state index contributed by atoms with van der Waals surface area (Å²) in [4.78, 5) is 4.15. The molecule has 2 rings (SSSR count). The molecule has 102 valence electrons. The number of aliphatic hydroxyl groups excluding tert-OH is 2. The lowest BCUT2D eigenvalue weighted by Gasteiger charge is -2.14. The molecule has 0 radical (unpaired) electrons. The Balaban J connectivity index is 2.25. The van der Waals surface area contributed by atoms with Gasteiger partial charge < -0.3 is 14.8 Å². The Morgan fingerprint density at radius 1 is 1.26 bits per heavy atom. The topological polar surface area (TPSA) is 58.3 Å². The molecule has 0 bridgehead atoms. The quantitative estimate of drug-likeness (QED) is 0.892. The SMILES string of the molecule is OCCCn1ccnc1C(O)c1ccc(Cl)c(Cl)c1. The molecule has 1 heterocycles. The molecule has 19 heavy (non-hydrogen) atoms. The molecular weight excluding hydrogens is 287 g/mol. The highest BCUT2D eigenvalue weighted by molar-refractivity contribution is 6.42. The van der Waals surface area contributed by atoms with E-state index in [2.05, 4.69) is 4.98 Å². The van der Waals surface area contributed by atoms with E-state index in [4.69, 9.17) is 28.3 Å². The van der Waals surface area contributed by atoms with Crippen molar-refractivity contribution in [2.24, 2.45) is 0 Å². The van der Waals surface area contributed by atoms with E-state index < -0.39 is 6.10 Å². The summed E-state index contributed by atoms with van der Waals surface area (Å²) in [5.74, 6) is 0.520. The Morgan fingerprint density at radius 3 is 2.74 bits per heavy atom. The molecule has 1 atom stereocenters. The van der Waals surface area contributed by atoms with Crippen molar-refractivity contribution in [3.63, 3.8) is 0 Å². The van der Waals surface area contributed by atoms with E-state index in [1.807, 2.05) is 4.57 Å². The van der Waals surface area contributed by atoms with E-state index in [1.165, 1.54) is 0 Å². The van der Waals surface area contributed by atoms with Crippen LogP contribution in [0.4, 0.5) is 0 Å². The molecule has 1 aromatic heterocycles. The van der Waals surface area contributed by atoms with Gasteiger partial charge in [-0.3, -0.25) is 0 Å². The molecule has 0 aliphatic heterocycles. The van der Waals surface area contributed by atoms with Gasteiger partial charge in [0.1, 0.15) is 11.9 Å². The second kappa shape index (κ2) is 6.39. The van der Waals surface area contributed by atoms with Crippen molar-refractivity contribution in [1.29, 1.82) is 0 Å². The molecular formula is C13H14Cl2N2O2. The first kappa shape index (κ1) is 14.3.